The van der Waals surface area contributed by atoms with Crippen LogP contribution in [0.15, 0.2) is 42.5 Å². The number of aliphatic hydroxyl groups excluding tert-OH is 1. The number of ether oxygens (including phenoxy) is 1. The number of halogens is 4. The van der Waals surface area contributed by atoms with Crippen molar-refractivity contribution in [1.82, 2.24) is 5.32 Å². The molecule has 0 fully saturated rings. The van der Waals surface area contributed by atoms with Crippen LogP contribution in [0, 0.1) is 0 Å². The highest BCUT2D eigenvalue weighted by atomic mass is 35.5. The van der Waals surface area contributed by atoms with Crippen LogP contribution in [0.2, 0.25) is 10.0 Å². The van der Waals surface area contributed by atoms with Gasteiger partial charge in [-0.25, -0.2) is 0 Å². The molecule has 0 radical (unpaired) electrons. The van der Waals surface area contributed by atoms with Crippen molar-refractivity contribution < 1.29 is 23.4 Å². The van der Waals surface area contributed by atoms with Gasteiger partial charge in [-0.1, -0.05) is 29.3 Å². The predicted octanol–water partition coefficient (Wildman–Crippen LogP) is 4.06. The maximum absolute atomic E-state index is 12.1. The fourth-order valence-corrected chi connectivity index (χ4v) is 2.50. The van der Waals surface area contributed by atoms with Crippen LogP contribution >= 0.6 is 23.2 Å². The monoisotopic (exact) mass is 375 g/mol. The Morgan fingerprint density at radius 3 is 2.42 bits per heavy atom. The number of rotatable bonds is 6. The van der Waals surface area contributed by atoms with Crippen molar-refractivity contribution in [2.45, 2.75) is 12.7 Å². The number of carbonyl (C=O) groups excluding carboxylic acids is 1. The summed E-state index contributed by atoms with van der Waals surface area (Å²) in [6.07, 6.45) is -1.01. The Labute approximate surface area is 147 Å². The molecule has 0 aromatic heterocycles. The van der Waals surface area contributed by atoms with E-state index in [0.29, 0.717) is 10.6 Å². The summed E-state index contributed by atoms with van der Waals surface area (Å²) in [6, 6.07) is 9.84. The van der Waals surface area contributed by atoms with Crippen molar-refractivity contribution in [2.24, 2.45) is 0 Å². The Morgan fingerprint density at radius 1 is 1.17 bits per heavy atom. The van der Waals surface area contributed by atoms with E-state index in [1.807, 2.05) is 0 Å². The van der Waals surface area contributed by atoms with Crippen molar-refractivity contribution in [2.75, 3.05) is 6.54 Å². The SMILES string of the molecule is O=C(NCC(O)c1ccc(Cl)cc1Cl)c1ccc(OC(F)F)cc1. The van der Waals surface area contributed by atoms with Gasteiger partial charge in [-0.15, -0.1) is 0 Å². The summed E-state index contributed by atoms with van der Waals surface area (Å²) in [5.41, 5.74) is 0.674. The average molecular weight is 376 g/mol. The molecule has 0 aliphatic rings. The van der Waals surface area contributed by atoms with E-state index in [1.165, 1.54) is 30.3 Å². The lowest BCUT2D eigenvalue weighted by molar-refractivity contribution is -0.0498. The van der Waals surface area contributed by atoms with E-state index in [-0.39, 0.29) is 22.9 Å². The number of carbonyl (C=O) groups is 1. The normalized spacial score (nSPS) is 12.1. The first kappa shape index (κ1) is 18.4. The van der Waals surface area contributed by atoms with Crippen LogP contribution in [-0.4, -0.2) is 24.2 Å². The van der Waals surface area contributed by atoms with E-state index in [0.717, 1.165) is 0 Å². The largest absolute Gasteiger partial charge is 0.435 e. The quantitative estimate of drug-likeness (QED) is 0.800. The highest BCUT2D eigenvalue weighted by Gasteiger charge is 2.14. The molecule has 1 amide bonds. The highest BCUT2D eigenvalue weighted by Crippen LogP contribution is 2.26. The van der Waals surface area contributed by atoms with Crippen LogP contribution in [-0.2, 0) is 0 Å². The summed E-state index contributed by atoms with van der Waals surface area (Å²) in [5.74, 6) is -0.516. The number of alkyl halides is 2. The zero-order valence-corrected chi connectivity index (χ0v) is 13.7. The Bertz CT molecular complexity index is 711. The van der Waals surface area contributed by atoms with E-state index in [2.05, 4.69) is 10.1 Å². The summed E-state index contributed by atoms with van der Waals surface area (Å²) >= 11 is 11.8. The number of hydrogen-bond acceptors (Lipinski definition) is 3. The van der Waals surface area contributed by atoms with Gasteiger partial charge in [0.15, 0.2) is 0 Å². The smallest absolute Gasteiger partial charge is 0.387 e. The van der Waals surface area contributed by atoms with Crippen molar-refractivity contribution in [3.8, 4) is 5.75 Å². The first-order valence-electron chi connectivity index (χ1n) is 6.83. The second-order valence-corrected chi connectivity index (χ2v) is 5.64. The molecule has 1 atom stereocenters. The van der Waals surface area contributed by atoms with E-state index >= 15 is 0 Å². The Morgan fingerprint density at radius 2 is 1.83 bits per heavy atom. The van der Waals surface area contributed by atoms with Gasteiger partial charge in [0.2, 0.25) is 0 Å². The first-order chi connectivity index (χ1) is 11.4. The summed E-state index contributed by atoms with van der Waals surface area (Å²) in [6.45, 7) is -3.00. The molecular formula is C16H13Cl2F2NO3. The maximum Gasteiger partial charge on any atom is 0.387 e. The lowest BCUT2D eigenvalue weighted by Gasteiger charge is -2.14. The number of nitrogens with one attached hydrogen (secondary N) is 1. The van der Waals surface area contributed by atoms with Crippen LogP contribution in [0.5, 0.6) is 5.75 Å². The second-order valence-electron chi connectivity index (χ2n) is 4.79. The van der Waals surface area contributed by atoms with E-state index < -0.39 is 18.6 Å². The first-order valence-corrected chi connectivity index (χ1v) is 7.58. The molecule has 0 aliphatic carbocycles. The molecule has 24 heavy (non-hydrogen) atoms. The van der Waals surface area contributed by atoms with E-state index in [4.69, 9.17) is 23.2 Å². The van der Waals surface area contributed by atoms with Crippen LogP contribution in [0.4, 0.5) is 8.78 Å². The average Bonchev–Trinajstić information content (AvgIpc) is 2.52. The maximum atomic E-state index is 12.1. The molecule has 8 heteroatoms. The molecule has 2 aromatic carbocycles. The second kappa shape index (κ2) is 8.28. The van der Waals surface area contributed by atoms with E-state index in [1.54, 1.807) is 12.1 Å². The molecule has 0 bridgehead atoms. The predicted molar refractivity (Wildman–Crippen MR) is 86.8 cm³/mol. The lowest BCUT2D eigenvalue weighted by Crippen LogP contribution is -2.28. The number of hydrogen-bond donors (Lipinski definition) is 2. The molecule has 0 saturated heterocycles. The topological polar surface area (TPSA) is 58.6 Å². The van der Waals surface area contributed by atoms with Gasteiger partial charge in [-0.3, -0.25) is 4.79 Å². The number of benzene rings is 2. The number of amides is 1. The fourth-order valence-electron chi connectivity index (χ4n) is 1.96. The molecule has 0 saturated carbocycles. The van der Waals surface area contributed by atoms with Crippen molar-refractivity contribution in [3.63, 3.8) is 0 Å². The molecule has 4 nitrogen and oxygen atoms in total. The summed E-state index contributed by atoms with van der Waals surface area (Å²) in [7, 11) is 0. The van der Waals surface area contributed by atoms with Crippen LogP contribution in [0.25, 0.3) is 0 Å². The summed E-state index contributed by atoms with van der Waals surface area (Å²) < 4.78 is 28.3. The molecular weight excluding hydrogens is 363 g/mol. The zero-order valence-electron chi connectivity index (χ0n) is 12.2. The molecule has 2 N–H and O–H groups in total. The molecule has 2 aromatic rings. The minimum atomic E-state index is -2.93. The summed E-state index contributed by atoms with van der Waals surface area (Å²) in [5, 5.41) is 13.3. The number of aliphatic hydroxyl groups is 1. The van der Waals surface area contributed by atoms with Gasteiger partial charge in [-0.2, -0.15) is 8.78 Å². The van der Waals surface area contributed by atoms with Crippen LogP contribution in [0.3, 0.4) is 0 Å². The highest BCUT2D eigenvalue weighted by molar-refractivity contribution is 6.35. The third-order valence-corrected chi connectivity index (χ3v) is 3.68. The zero-order chi connectivity index (χ0) is 17.7. The van der Waals surface area contributed by atoms with Crippen molar-refractivity contribution in [3.05, 3.63) is 63.6 Å². The van der Waals surface area contributed by atoms with E-state index in [9.17, 15) is 18.7 Å². The van der Waals surface area contributed by atoms with Gasteiger partial charge in [-0.05, 0) is 36.4 Å². The minimum Gasteiger partial charge on any atom is -0.435 e. The molecule has 0 spiro atoms. The molecule has 128 valence electrons. The lowest BCUT2D eigenvalue weighted by atomic mass is 10.1. The van der Waals surface area contributed by atoms with Gasteiger partial charge in [0.05, 0.1) is 6.10 Å². The third-order valence-electron chi connectivity index (χ3n) is 3.12. The Hall–Kier alpha value is -1.89. The standard InChI is InChI=1S/C16H13Cl2F2NO3/c17-10-3-6-12(13(18)7-10)14(22)8-21-15(23)9-1-4-11(5-2-9)24-16(19)20/h1-7,14,16,22H,8H2,(H,21,23). The van der Waals surface area contributed by atoms with Crippen molar-refractivity contribution in [1.29, 1.82) is 0 Å². The van der Waals surface area contributed by atoms with Gasteiger partial charge in [0, 0.05) is 27.7 Å². The molecule has 0 heterocycles. The minimum absolute atomic E-state index is 0.0467. The molecule has 2 rings (SSSR count). The van der Waals surface area contributed by atoms with Crippen LogP contribution in [0.1, 0.15) is 22.0 Å². The van der Waals surface area contributed by atoms with Gasteiger partial charge in [0.1, 0.15) is 5.75 Å². The van der Waals surface area contributed by atoms with Gasteiger partial charge >= 0.3 is 6.61 Å². The summed E-state index contributed by atoms with van der Waals surface area (Å²) in [4.78, 5) is 12.0. The van der Waals surface area contributed by atoms with Gasteiger partial charge in [0.25, 0.3) is 5.91 Å². The molecule has 1 unspecified atom stereocenters. The fraction of sp³-hybridized carbons (Fsp3) is 0.188. The Kier molecular flexibility index (Phi) is 6.36. The Balaban J connectivity index is 1.94. The molecule has 0 aliphatic heterocycles. The van der Waals surface area contributed by atoms with Crippen LogP contribution < -0.4 is 10.1 Å². The van der Waals surface area contributed by atoms with Crippen molar-refractivity contribution >= 4 is 29.1 Å². The van der Waals surface area contributed by atoms with Gasteiger partial charge < -0.3 is 15.2 Å². The third kappa shape index (κ3) is 5.06.